The largest absolute Gasteiger partial charge is 0.539 e. The fraction of sp³-hybridized carbons (Fsp3) is 0.407. The zero-order chi connectivity index (χ0) is 23.8. The molecule has 0 aromatic heterocycles. The summed E-state index contributed by atoms with van der Waals surface area (Å²) in [5.74, 6) is 0.915. The van der Waals surface area contributed by atoms with E-state index >= 15 is 0 Å². The van der Waals surface area contributed by atoms with Crippen LogP contribution in [-0.4, -0.2) is 30.4 Å². The summed E-state index contributed by atoms with van der Waals surface area (Å²) in [6.45, 7) is 16.5. The number of methoxy groups -OCH3 is 1. The summed E-state index contributed by atoms with van der Waals surface area (Å²) >= 11 is 0. The molecule has 0 unspecified atom stereocenters. The fourth-order valence-corrected chi connectivity index (χ4v) is 6.03. The second-order valence-electron chi connectivity index (χ2n) is 10.1. The molecule has 2 aromatic rings. The number of hydrogen-bond donors (Lipinski definition) is 0. The maximum absolute atomic E-state index is 6.89. The Balaban J connectivity index is 2.44. The number of allylic oxidation sites excluding steroid dienone is 1. The Labute approximate surface area is 197 Å². The van der Waals surface area contributed by atoms with Gasteiger partial charge in [-0.2, -0.15) is 0 Å². The summed E-state index contributed by atoms with van der Waals surface area (Å²) in [5, 5.41) is 1.45. The van der Waals surface area contributed by atoms with Gasteiger partial charge in [0.25, 0.3) is 8.32 Å². The van der Waals surface area contributed by atoms with Crippen LogP contribution in [0, 0.1) is 0 Å². The van der Waals surface area contributed by atoms with Crippen molar-refractivity contribution in [2.24, 2.45) is 0 Å². The maximum Gasteiger partial charge on any atom is 0.276 e. The van der Waals surface area contributed by atoms with Gasteiger partial charge >= 0.3 is 0 Å². The molecule has 0 spiro atoms. The lowest BCUT2D eigenvalue weighted by Gasteiger charge is -2.36. The summed E-state index contributed by atoms with van der Waals surface area (Å²) in [6, 6.07) is 20.9. The molecule has 0 radical (unpaired) electrons. The SMILES string of the molecule is CO/C=C/C(CCO[Si](C)(C)C(C)(C)C)=C(\O[Si](C)(C)c1ccccc1)c1ccccc1. The van der Waals surface area contributed by atoms with Gasteiger partial charge in [-0.05, 0) is 54.5 Å². The van der Waals surface area contributed by atoms with Crippen LogP contribution >= 0.6 is 0 Å². The van der Waals surface area contributed by atoms with Crippen molar-refractivity contribution in [3.8, 4) is 0 Å². The van der Waals surface area contributed by atoms with Gasteiger partial charge in [-0.15, -0.1) is 0 Å². The van der Waals surface area contributed by atoms with E-state index in [0.29, 0.717) is 6.61 Å². The van der Waals surface area contributed by atoms with Crippen LogP contribution < -0.4 is 5.19 Å². The van der Waals surface area contributed by atoms with Gasteiger partial charge in [-0.1, -0.05) is 81.4 Å². The van der Waals surface area contributed by atoms with Crippen LogP contribution in [0.3, 0.4) is 0 Å². The number of rotatable bonds is 10. The molecule has 0 amide bonds. The van der Waals surface area contributed by atoms with E-state index in [9.17, 15) is 0 Å². The van der Waals surface area contributed by atoms with E-state index in [4.69, 9.17) is 13.6 Å². The smallest absolute Gasteiger partial charge is 0.276 e. The van der Waals surface area contributed by atoms with Crippen molar-refractivity contribution in [2.45, 2.75) is 58.4 Å². The minimum Gasteiger partial charge on any atom is -0.539 e. The molecule has 5 heteroatoms. The topological polar surface area (TPSA) is 27.7 Å². The van der Waals surface area contributed by atoms with Crippen LogP contribution in [0.5, 0.6) is 0 Å². The Morgan fingerprint density at radius 1 is 0.875 bits per heavy atom. The third-order valence-corrected chi connectivity index (χ3v) is 13.2. The highest BCUT2D eigenvalue weighted by Crippen LogP contribution is 2.37. The Bertz CT molecular complexity index is 896. The molecule has 2 aromatic carbocycles. The fourth-order valence-electron chi connectivity index (χ4n) is 3.11. The molecule has 2 rings (SSSR count). The lowest BCUT2D eigenvalue weighted by atomic mass is 10.1. The predicted molar refractivity (Wildman–Crippen MR) is 142 cm³/mol. The second-order valence-corrected chi connectivity index (χ2v) is 18.7. The molecule has 0 fully saturated rings. The monoisotopic (exact) mass is 468 g/mol. The molecular weight excluding hydrogens is 428 g/mol. The normalized spacial score (nSPS) is 13.8. The number of hydrogen-bond acceptors (Lipinski definition) is 3. The van der Waals surface area contributed by atoms with Crippen LogP contribution in [0.25, 0.3) is 5.76 Å². The van der Waals surface area contributed by atoms with Crippen molar-refractivity contribution in [2.75, 3.05) is 13.7 Å². The highest BCUT2D eigenvalue weighted by atomic mass is 28.4. The van der Waals surface area contributed by atoms with Crippen molar-refractivity contribution in [3.63, 3.8) is 0 Å². The summed E-state index contributed by atoms with van der Waals surface area (Å²) < 4.78 is 18.7. The Kier molecular flexibility index (Phi) is 9.13. The van der Waals surface area contributed by atoms with Gasteiger partial charge in [0.15, 0.2) is 8.32 Å². The molecule has 0 aliphatic heterocycles. The Morgan fingerprint density at radius 3 is 1.97 bits per heavy atom. The molecule has 3 nitrogen and oxygen atoms in total. The molecule has 174 valence electrons. The van der Waals surface area contributed by atoms with Crippen LogP contribution in [0.4, 0.5) is 0 Å². The summed E-state index contributed by atoms with van der Waals surface area (Å²) in [5.41, 5.74) is 2.17. The summed E-state index contributed by atoms with van der Waals surface area (Å²) in [6.07, 6.45) is 4.51. The Morgan fingerprint density at radius 2 is 1.44 bits per heavy atom. The van der Waals surface area contributed by atoms with Crippen molar-refractivity contribution >= 4 is 27.6 Å². The molecule has 0 bridgehead atoms. The van der Waals surface area contributed by atoms with E-state index in [0.717, 1.165) is 23.3 Å². The molecule has 0 atom stereocenters. The first kappa shape index (κ1) is 26.2. The average Bonchev–Trinajstić information content (AvgIpc) is 2.75. The molecule has 0 heterocycles. The van der Waals surface area contributed by atoms with Gasteiger partial charge in [0.1, 0.15) is 5.76 Å². The number of benzene rings is 2. The molecule has 0 saturated carbocycles. The minimum atomic E-state index is -2.20. The van der Waals surface area contributed by atoms with E-state index in [1.807, 2.05) is 18.2 Å². The number of ether oxygens (including phenoxy) is 1. The van der Waals surface area contributed by atoms with Crippen LogP contribution in [-0.2, 0) is 13.6 Å². The van der Waals surface area contributed by atoms with Crippen LogP contribution in [0.15, 0.2) is 78.6 Å². The average molecular weight is 469 g/mol. The van der Waals surface area contributed by atoms with E-state index < -0.39 is 16.6 Å². The third kappa shape index (κ3) is 7.22. The zero-order valence-corrected chi connectivity index (χ0v) is 23.1. The highest BCUT2D eigenvalue weighted by molar-refractivity contribution is 6.85. The second kappa shape index (κ2) is 11.2. The molecule has 32 heavy (non-hydrogen) atoms. The van der Waals surface area contributed by atoms with E-state index in [1.54, 1.807) is 13.4 Å². The zero-order valence-electron chi connectivity index (χ0n) is 21.1. The lowest BCUT2D eigenvalue weighted by molar-refractivity contribution is 0.291. The molecule has 0 aliphatic carbocycles. The van der Waals surface area contributed by atoms with Crippen LogP contribution in [0.2, 0.25) is 31.2 Å². The molecular formula is C27H40O3Si2. The van der Waals surface area contributed by atoms with Gasteiger partial charge in [0.05, 0.1) is 13.4 Å². The van der Waals surface area contributed by atoms with Crippen molar-refractivity contribution < 1.29 is 13.6 Å². The van der Waals surface area contributed by atoms with Crippen molar-refractivity contribution in [3.05, 3.63) is 84.1 Å². The van der Waals surface area contributed by atoms with E-state index in [-0.39, 0.29) is 5.04 Å². The lowest BCUT2D eigenvalue weighted by Crippen LogP contribution is -2.44. The Hall–Kier alpha value is -2.09. The standard InChI is InChI=1S/C27H40O3Si2/c1-27(2,3)32(7,8)29-22-20-24(19-21-28-4)26(23-15-11-9-12-16-23)30-31(5,6)25-17-13-10-14-18-25/h9-19,21H,20,22H2,1-8H3/b21-19+,26-24+. The van der Waals surface area contributed by atoms with E-state index in [1.165, 1.54) is 5.19 Å². The minimum absolute atomic E-state index is 0.181. The van der Waals surface area contributed by atoms with E-state index in [2.05, 4.69) is 95.5 Å². The first-order valence-corrected chi connectivity index (χ1v) is 17.2. The molecule has 0 aliphatic rings. The van der Waals surface area contributed by atoms with Gasteiger partial charge in [-0.3, -0.25) is 0 Å². The quantitative estimate of drug-likeness (QED) is 0.211. The van der Waals surface area contributed by atoms with Crippen molar-refractivity contribution in [1.29, 1.82) is 0 Å². The van der Waals surface area contributed by atoms with Crippen LogP contribution in [0.1, 0.15) is 32.8 Å². The predicted octanol–water partition coefficient (Wildman–Crippen LogP) is 7.10. The highest BCUT2D eigenvalue weighted by Gasteiger charge is 2.37. The maximum atomic E-state index is 6.89. The molecule has 0 N–H and O–H groups in total. The summed E-state index contributed by atoms with van der Waals surface area (Å²) in [4.78, 5) is 0. The first-order chi connectivity index (χ1) is 15.0. The van der Waals surface area contributed by atoms with Gasteiger partial charge in [0, 0.05) is 12.2 Å². The van der Waals surface area contributed by atoms with Gasteiger partial charge in [0.2, 0.25) is 0 Å². The molecule has 0 saturated heterocycles. The summed E-state index contributed by atoms with van der Waals surface area (Å²) in [7, 11) is -2.35. The third-order valence-electron chi connectivity index (χ3n) is 6.20. The first-order valence-electron chi connectivity index (χ1n) is 11.3. The van der Waals surface area contributed by atoms with Crippen molar-refractivity contribution in [1.82, 2.24) is 0 Å². The van der Waals surface area contributed by atoms with Gasteiger partial charge in [-0.25, -0.2) is 0 Å². The van der Waals surface area contributed by atoms with Gasteiger partial charge < -0.3 is 13.6 Å².